The number of rotatable bonds is 5. The number of amides is 2. The van der Waals surface area contributed by atoms with Crippen molar-refractivity contribution in [2.24, 2.45) is 0 Å². The van der Waals surface area contributed by atoms with Gasteiger partial charge in [-0.1, -0.05) is 48.5 Å². The Morgan fingerprint density at radius 1 is 1.00 bits per heavy atom. The molecule has 0 radical (unpaired) electrons. The number of hydrogen-bond donors (Lipinski definition) is 0. The van der Waals surface area contributed by atoms with Gasteiger partial charge in [0.25, 0.3) is 17.4 Å². The maximum atomic E-state index is 13.2. The van der Waals surface area contributed by atoms with Gasteiger partial charge >= 0.3 is 0 Å². The largest absolute Gasteiger partial charge is 0.338 e. The molecule has 1 atom stereocenters. The van der Waals surface area contributed by atoms with Crippen LogP contribution in [-0.4, -0.2) is 50.8 Å². The first-order valence-corrected chi connectivity index (χ1v) is 11.8. The van der Waals surface area contributed by atoms with E-state index in [0.717, 1.165) is 18.4 Å². The Bertz CT molecular complexity index is 1270. The lowest BCUT2D eigenvalue weighted by atomic mass is 9.85. The molecule has 7 nitrogen and oxygen atoms in total. The van der Waals surface area contributed by atoms with Crippen molar-refractivity contribution in [1.29, 1.82) is 0 Å². The second-order valence-corrected chi connectivity index (χ2v) is 9.15. The predicted molar refractivity (Wildman–Crippen MR) is 129 cm³/mol. The third-order valence-corrected chi connectivity index (χ3v) is 7.08. The zero-order chi connectivity index (χ0) is 23.7. The molecule has 0 bridgehead atoms. The first-order valence-electron chi connectivity index (χ1n) is 11.8. The normalized spacial score (nSPS) is 18.8. The average molecular weight is 457 g/mol. The molecular formula is C27H28N4O3. The third kappa shape index (κ3) is 3.91. The Labute approximate surface area is 198 Å². The van der Waals surface area contributed by atoms with Crippen LogP contribution in [0.2, 0.25) is 0 Å². The van der Waals surface area contributed by atoms with Gasteiger partial charge < -0.3 is 14.4 Å². The van der Waals surface area contributed by atoms with Crippen LogP contribution in [0.25, 0.3) is 0 Å². The standard InChI is InChI=1S/C27H28N4O3/c1-2-29(17-20-9-5-3-6-10-20)25(34)22-18-30-15-13-27(26(30)28-23(22)32)14-16-31(19-27)24(33)21-11-7-4-8-12-21/h3-12,18H,2,13-17,19H2,1H3/t27-/m1/s1. The summed E-state index contributed by atoms with van der Waals surface area (Å²) in [6, 6.07) is 19.0. The number of aromatic nitrogens is 2. The van der Waals surface area contributed by atoms with Crippen LogP contribution in [0.3, 0.4) is 0 Å². The van der Waals surface area contributed by atoms with Crippen LogP contribution < -0.4 is 5.56 Å². The maximum Gasteiger partial charge on any atom is 0.285 e. The zero-order valence-corrected chi connectivity index (χ0v) is 19.3. The topological polar surface area (TPSA) is 75.5 Å². The summed E-state index contributed by atoms with van der Waals surface area (Å²) in [6.45, 7) is 4.69. The van der Waals surface area contributed by atoms with Crippen LogP contribution in [0.4, 0.5) is 0 Å². The van der Waals surface area contributed by atoms with Gasteiger partial charge in [-0.2, -0.15) is 4.98 Å². The molecule has 0 aliphatic carbocycles. The van der Waals surface area contributed by atoms with E-state index < -0.39 is 5.56 Å². The van der Waals surface area contributed by atoms with Crippen LogP contribution >= 0.6 is 0 Å². The van der Waals surface area contributed by atoms with Crippen molar-refractivity contribution in [3.63, 3.8) is 0 Å². The minimum Gasteiger partial charge on any atom is -0.338 e. The van der Waals surface area contributed by atoms with Gasteiger partial charge in [-0.25, -0.2) is 0 Å². The second kappa shape index (κ2) is 8.89. The van der Waals surface area contributed by atoms with Crippen LogP contribution in [0, 0.1) is 0 Å². The fraction of sp³-hybridized carbons (Fsp3) is 0.333. The van der Waals surface area contributed by atoms with Crippen LogP contribution in [0.5, 0.6) is 0 Å². The minimum atomic E-state index is -0.489. The van der Waals surface area contributed by atoms with E-state index in [1.165, 1.54) is 0 Å². The molecular weight excluding hydrogens is 428 g/mol. The van der Waals surface area contributed by atoms with E-state index in [2.05, 4.69) is 4.98 Å². The molecule has 5 rings (SSSR count). The quantitative estimate of drug-likeness (QED) is 0.591. The van der Waals surface area contributed by atoms with Crippen LogP contribution in [0.15, 0.2) is 71.7 Å². The van der Waals surface area contributed by atoms with Crippen molar-refractivity contribution in [3.05, 3.63) is 99.7 Å². The first kappa shape index (κ1) is 22.1. The summed E-state index contributed by atoms with van der Waals surface area (Å²) in [4.78, 5) is 47.1. The van der Waals surface area contributed by atoms with Gasteiger partial charge in [0, 0.05) is 49.9 Å². The van der Waals surface area contributed by atoms with E-state index in [0.29, 0.717) is 44.1 Å². The molecule has 2 aliphatic rings. The summed E-state index contributed by atoms with van der Waals surface area (Å²) < 4.78 is 1.95. The van der Waals surface area contributed by atoms with E-state index in [4.69, 9.17) is 0 Å². The van der Waals surface area contributed by atoms with Crippen molar-refractivity contribution in [3.8, 4) is 0 Å². The van der Waals surface area contributed by atoms with Gasteiger partial charge in [0.15, 0.2) is 0 Å². The van der Waals surface area contributed by atoms with Gasteiger partial charge in [-0.3, -0.25) is 14.4 Å². The number of carbonyl (C=O) groups excluding carboxylic acids is 2. The Morgan fingerprint density at radius 2 is 1.68 bits per heavy atom. The number of aryl methyl sites for hydroxylation is 1. The van der Waals surface area contributed by atoms with Crippen molar-refractivity contribution in [2.45, 2.75) is 38.3 Å². The summed E-state index contributed by atoms with van der Waals surface area (Å²) in [5.41, 5.74) is 0.965. The first-order chi connectivity index (χ1) is 16.5. The highest BCUT2D eigenvalue weighted by Crippen LogP contribution is 2.41. The lowest BCUT2D eigenvalue weighted by Crippen LogP contribution is -2.38. The van der Waals surface area contributed by atoms with Gasteiger partial charge in [0.1, 0.15) is 11.4 Å². The Morgan fingerprint density at radius 3 is 2.38 bits per heavy atom. The minimum absolute atomic E-state index is 0.00423. The molecule has 2 amide bonds. The molecule has 174 valence electrons. The van der Waals surface area contributed by atoms with Crippen molar-refractivity contribution >= 4 is 11.8 Å². The average Bonchev–Trinajstić information content (AvgIpc) is 3.46. The van der Waals surface area contributed by atoms with Crippen molar-refractivity contribution < 1.29 is 9.59 Å². The number of carbonyl (C=O) groups is 2. The van der Waals surface area contributed by atoms with E-state index in [1.54, 1.807) is 11.1 Å². The molecule has 0 N–H and O–H groups in total. The molecule has 3 aromatic rings. The predicted octanol–water partition coefficient (Wildman–Crippen LogP) is 3.09. The molecule has 7 heteroatoms. The maximum absolute atomic E-state index is 13.2. The fourth-order valence-corrected chi connectivity index (χ4v) is 5.18. The molecule has 34 heavy (non-hydrogen) atoms. The Balaban J connectivity index is 1.38. The SMILES string of the molecule is CCN(Cc1ccccc1)C(=O)c1cn2c(nc1=O)[C@@]1(CCN(C(=O)c3ccccc3)C1)CC2. The van der Waals surface area contributed by atoms with E-state index in [1.807, 2.05) is 77.1 Å². The molecule has 3 heterocycles. The highest BCUT2D eigenvalue weighted by Gasteiger charge is 2.47. The van der Waals surface area contributed by atoms with Crippen molar-refractivity contribution in [1.82, 2.24) is 19.4 Å². The Kier molecular flexibility index (Phi) is 5.77. The number of likely N-dealkylation sites (tertiary alicyclic amines) is 1. The van der Waals surface area contributed by atoms with Crippen LogP contribution in [0.1, 0.15) is 51.9 Å². The molecule has 1 saturated heterocycles. The lowest BCUT2D eigenvalue weighted by molar-refractivity contribution is 0.0748. The number of hydrogen-bond acceptors (Lipinski definition) is 4. The number of fused-ring (bicyclic) bond motifs is 2. The summed E-state index contributed by atoms with van der Waals surface area (Å²) in [5, 5.41) is 0. The zero-order valence-electron chi connectivity index (χ0n) is 19.3. The number of benzene rings is 2. The monoisotopic (exact) mass is 456 g/mol. The second-order valence-electron chi connectivity index (χ2n) is 9.15. The molecule has 0 saturated carbocycles. The number of nitrogens with zero attached hydrogens (tertiary/aromatic N) is 4. The van der Waals surface area contributed by atoms with Gasteiger partial charge in [-0.15, -0.1) is 0 Å². The highest BCUT2D eigenvalue weighted by atomic mass is 16.2. The van der Waals surface area contributed by atoms with E-state index in [-0.39, 0.29) is 22.8 Å². The highest BCUT2D eigenvalue weighted by molar-refractivity contribution is 5.94. The van der Waals surface area contributed by atoms with Gasteiger partial charge in [-0.05, 0) is 37.5 Å². The van der Waals surface area contributed by atoms with E-state index >= 15 is 0 Å². The summed E-state index contributed by atoms with van der Waals surface area (Å²) >= 11 is 0. The van der Waals surface area contributed by atoms with Crippen LogP contribution in [-0.2, 0) is 18.5 Å². The molecule has 2 aliphatic heterocycles. The molecule has 1 aromatic heterocycles. The smallest absolute Gasteiger partial charge is 0.285 e. The molecule has 2 aromatic carbocycles. The lowest BCUT2D eigenvalue weighted by Gasteiger charge is -2.24. The summed E-state index contributed by atoms with van der Waals surface area (Å²) in [7, 11) is 0. The van der Waals surface area contributed by atoms with Crippen molar-refractivity contribution in [2.75, 3.05) is 19.6 Å². The molecule has 0 unspecified atom stereocenters. The van der Waals surface area contributed by atoms with Gasteiger partial charge in [0.2, 0.25) is 0 Å². The third-order valence-electron chi connectivity index (χ3n) is 7.08. The summed E-state index contributed by atoms with van der Waals surface area (Å²) in [6.07, 6.45) is 3.24. The summed E-state index contributed by atoms with van der Waals surface area (Å²) in [5.74, 6) is 0.403. The Hall–Kier alpha value is -3.74. The fourth-order valence-electron chi connectivity index (χ4n) is 5.18. The van der Waals surface area contributed by atoms with E-state index in [9.17, 15) is 14.4 Å². The molecule has 1 fully saturated rings. The van der Waals surface area contributed by atoms with Gasteiger partial charge in [0.05, 0.1) is 0 Å². The molecule has 1 spiro atoms.